The van der Waals surface area contributed by atoms with Gasteiger partial charge in [0.15, 0.2) is 0 Å². The molecule has 0 aliphatic heterocycles. The number of aliphatic hydroxyl groups is 1. The third-order valence-corrected chi connectivity index (χ3v) is 8.16. The first-order chi connectivity index (χ1) is 16.9. The minimum Gasteiger partial charge on any atom is -0.493 e. The highest BCUT2D eigenvalue weighted by Crippen LogP contribution is 2.41. The standard InChI is InChI=1S/C32H47NO2/c1-5-32(6-2,29-15-16-30(26(4)24-29)35-22-12-8-11-21-33)28-14-13-27(25(3)23-28)17-20-31(34)18-9-7-10-19-31/h13-17,20,23-24,34H,5-12,18-19,21-22,33H2,1-4H3/b20-17+. The van der Waals surface area contributed by atoms with E-state index in [-0.39, 0.29) is 5.41 Å². The van der Waals surface area contributed by atoms with Crippen LogP contribution in [-0.2, 0) is 5.41 Å². The molecule has 2 aromatic rings. The lowest BCUT2D eigenvalue weighted by Crippen LogP contribution is -2.28. The fourth-order valence-electron chi connectivity index (χ4n) is 5.68. The van der Waals surface area contributed by atoms with Crippen molar-refractivity contribution in [3.05, 3.63) is 70.3 Å². The molecule has 1 aliphatic carbocycles. The maximum absolute atomic E-state index is 10.9. The summed E-state index contributed by atoms with van der Waals surface area (Å²) in [6.45, 7) is 10.4. The Morgan fingerprint density at radius 2 is 1.57 bits per heavy atom. The summed E-state index contributed by atoms with van der Waals surface area (Å²) in [6, 6.07) is 13.6. The van der Waals surface area contributed by atoms with Crippen molar-refractivity contribution in [3.63, 3.8) is 0 Å². The second kappa shape index (κ2) is 12.7. The molecule has 2 aromatic carbocycles. The van der Waals surface area contributed by atoms with Crippen LogP contribution in [0.4, 0.5) is 0 Å². The quantitative estimate of drug-likeness (QED) is 0.309. The Kier molecular flexibility index (Phi) is 10.0. The summed E-state index contributed by atoms with van der Waals surface area (Å²) in [5, 5.41) is 10.9. The number of ether oxygens (including phenoxy) is 1. The summed E-state index contributed by atoms with van der Waals surface area (Å²) in [4.78, 5) is 0. The number of hydrogen-bond acceptors (Lipinski definition) is 3. The Morgan fingerprint density at radius 1 is 0.914 bits per heavy atom. The first-order valence-electron chi connectivity index (χ1n) is 13.8. The Morgan fingerprint density at radius 3 is 2.17 bits per heavy atom. The molecule has 0 radical (unpaired) electrons. The van der Waals surface area contributed by atoms with E-state index in [4.69, 9.17) is 10.5 Å². The first kappa shape index (κ1) is 27.5. The fourth-order valence-corrected chi connectivity index (χ4v) is 5.68. The van der Waals surface area contributed by atoms with Gasteiger partial charge in [0.05, 0.1) is 12.2 Å². The third kappa shape index (κ3) is 6.77. The van der Waals surface area contributed by atoms with Crippen LogP contribution in [0.1, 0.15) is 106 Å². The van der Waals surface area contributed by atoms with Crippen molar-refractivity contribution in [3.8, 4) is 5.75 Å². The molecule has 0 heterocycles. The van der Waals surface area contributed by atoms with Crippen LogP contribution < -0.4 is 10.5 Å². The summed E-state index contributed by atoms with van der Waals surface area (Å²) in [6.07, 6.45) is 14.7. The predicted octanol–water partition coefficient (Wildman–Crippen LogP) is 7.63. The van der Waals surface area contributed by atoms with E-state index in [0.29, 0.717) is 0 Å². The maximum atomic E-state index is 10.9. The minimum absolute atomic E-state index is 0.0288. The van der Waals surface area contributed by atoms with Crippen LogP contribution in [0.3, 0.4) is 0 Å². The topological polar surface area (TPSA) is 55.5 Å². The molecular weight excluding hydrogens is 430 g/mol. The molecule has 3 heteroatoms. The predicted molar refractivity (Wildman–Crippen MR) is 149 cm³/mol. The van der Waals surface area contributed by atoms with Gasteiger partial charge in [0.2, 0.25) is 0 Å². The van der Waals surface area contributed by atoms with E-state index in [9.17, 15) is 5.11 Å². The molecule has 35 heavy (non-hydrogen) atoms. The van der Waals surface area contributed by atoms with Crippen LogP contribution in [0.5, 0.6) is 5.75 Å². The van der Waals surface area contributed by atoms with Crippen molar-refractivity contribution < 1.29 is 9.84 Å². The smallest absolute Gasteiger partial charge is 0.122 e. The molecule has 0 amide bonds. The van der Waals surface area contributed by atoms with Crippen LogP contribution in [0.2, 0.25) is 0 Å². The minimum atomic E-state index is -0.633. The summed E-state index contributed by atoms with van der Waals surface area (Å²) >= 11 is 0. The Hall–Kier alpha value is -2.10. The van der Waals surface area contributed by atoms with Crippen molar-refractivity contribution in [2.75, 3.05) is 13.2 Å². The Balaban J connectivity index is 1.81. The molecule has 1 saturated carbocycles. The number of hydrogen-bond donors (Lipinski definition) is 2. The van der Waals surface area contributed by atoms with E-state index in [0.717, 1.165) is 76.7 Å². The summed E-state index contributed by atoms with van der Waals surface area (Å²) in [7, 11) is 0. The van der Waals surface area contributed by atoms with Crippen LogP contribution in [0.25, 0.3) is 6.08 Å². The van der Waals surface area contributed by atoms with Crippen molar-refractivity contribution >= 4 is 6.08 Å². The van der Waals surface area contributed by atoms with Gasteiger partial charge in [0, 0.05) is 5.41 Å². The molecule has 0 saturated heterocycles. The lowest BCUT2D eigenvalue weighted by atomic mass is 9.70. The van der Waals surface area contributed by atoms with Gasteiger partial charge in [-0.2, -0.15) is 0 Å². The van der Waals surface area contributed by atoms with Crippen molar-refractivity contribution in [1.82, 2.24) is 0 Å². The second-order valence-electron chi connectivity index (χ2n) is 10.5. The van der Waals surface area contributed by atoms with E-state index in [1.165, 1.54) is 34.2 Å². The third-order valence-electron chi connectivity index (χ3n) is 8.16. The molecule has 0 atom stereocenters. The second-order valence-corrected chi connectivity index (χ2v) is 10.5. The lowest BCUT2D eigenvalue weighted by molar-refractivity contribution is 0.0521. The van der Waals surface area contributed by atoms with E-state index in [1.807, 2.05) is 6.08 Å². The zero-order valence-electron chi connectivity index (χ0n) is 22.5. The number of unbranched alkanes of at least 4 members (excludes halogenated alkanes) is 2. The van der Waals surface area contributed by atoms with E-state index >= 15 is 0 Å². The van der Waals surface area contributed by atoms with Gasteiger partial charge in [0.1, 0.15) is 5.75 Å². The average molecular weight is 478 g/mol. The van der Waals surface area contributed by atoms with Gasteiger partial charge in [-0.3, -0.25) is 0 Å². The number of nitrogens with two attached hydrogens (primary N) is 1. The van der Waals surface area contributed by atoms with E-state index in [2.05, 4.69) is 70.2 Å². The molecule has 0 bridgehead atoms. The molecule has 0 aromatic heterocycles. The molecule has 1 fully saturated rings. The summed E-state index contributed by atoms with van der Waals surface area (Å²) in [5.74, 6) is 0.986. The van der Waals surface area contributed by atoms with Crippen LogP contribution in [-0.4, -0.2) is 23.9 Å². The maximum Gasteiger partial charge on any atom is 0.122 e. The van der Waals surface area contributed by atoms with Gasteiger partial charge < -0.3 is 15.6 Å². The molecular formula is C32H47NO2. The van der Waals surface area contributed by atoms with Gasteiger partial charge in [-0.15, -0.1) is 0 Å². The van der Waals surface area contributed by atoms with Gasteiger partial charge in [-0.25, -0.2) is 0 Å². The largest absolute Gasteiger partial charge is 0.493 e. The van der Waals surface area contributed by atoms with Crippen LogP contribution >= 0.6 is 0 Å². The highest BCUT2D eigenvalue weighted by Gasteiger charge is 2.31. The van der Waals surface area contributed by atoms with Crippen molar-refractivity contribution in [1.29, 1.82) is 0 Å². The zero-order valence-corrected chi connectivity index (χ0v) is 22.5. The molecule has 192 valence electrons. The average Bonchev–Trinajstić information content (AvgIpc) is 2.86. The number of aryl methyl sites for hydroxylation is 2. The van der Waals surface area contributed by atoms with Gasteiger partial charge in [0.25, 0.3) is 0 Å². The van der Waals surface area contributed by atoms with E-state index < -0.39 is 5.60 Å². The Bertz CT molecular complexity index is 968. The lowest BCUT2D eigenvalue weighted by Gasteiger charge is -2.34. The monoisotopic (exact) mass is 477 g/mol. The highest BCUT2D eigenvalue weighted by molar-refractivity contribution is 5.57. The van der Waals surface area contributed by atoms with Gasteiger partial charge in [-0.1, -0.05) is 75.6 Å². The normalized spacial score (nSPS) is 16.1. The zero-order chi connectivity index (χ0) is 25.3. The number of benzene rings is 2. The molecule has 0 spiro atoms. The van der Waals surface area contributed by atoms with Crippen LogP contribution in [0, 0.1) is 13.8 Å². The highest BCUT2D eigenvalue weighted by atomic mass is 16.5. The summed E-state index contributed by atoms with van der Waals surface area (Å²) in [5.41, 5.74) is 11.3. The van der Waals surface area contributed by atoms with Crippen molar-refractivity contribution in [2.24, 2.45) is 5.73 Å². The SMILES string of the molecule is CCC(CC)(c1ccc(/C=C/C2(O)CCCCC2)c(C)c1)c1ccc(OCCCCCN)c(C)c1. The number of rotatable bonds is 12. The van der Waals surface area contributed by atoms with Gasteiger partial charge >= 0.3 is 0 Å². The molecule has 1 aliphatic rings. The van der Waals surface area contributed by atoms with Gasteiger partial charge in [-0.05, 0) is 99.2 Å². The van der Waals surface area contributed by atoms with Crippen molar-refractivity contribution in [2.45, 2.75) is 103 Å². The fraction of sp³-hybridized carbons (Fsp3) is 0.562. The van der Waals surface area contributed by atoms with Crippen LogP contribution in [0.15, 0.2) is 42.5 Å². The Labute approximate surface area is 213 Å². The molecule has 3 N–H and O–H groups in total. The molecule has 0 unspecified atom stereocenters. The molecule has 3 nitrogen and oxygen atoms in total. The summed E-state index contributed by atoms with van der Waals surface area (Å²) < 4.78 is 6.08. The molecule has 3 rings (SSSR count). The van der Waals surface area contributed by atoms with E-state index in [1.54, 1.807) is 0 Å². The first-order valence-corrected chi connectivity index (χ1v) is 13.8.